The SMILES string of the molecule is CCN(CC(C)C#N)c1nc(NN)nc(-n2ccnc2)n1. The Morgan fingerprint density at radius 3 is 2.86 bits per heavy atom. The van der Waals surface area contributed by atoms with Gasteiger partial charge in [0.2, 0.25) is 17.8 Å². The molecule has 0 aliphatic heterocycles. The number of hydrogen-bond donors (Lipinski definition) is 2. The first-order valence-electron chi connectivity index (χ1n) is 6.53. The highest BCUT2D eigenvalue weighted by Crippen LogP contribution is 2.14. The molecule has 110 valence electrons. The van der Waals surface area contributed by atoms with Crippen LogP contribution in [0.3, 0.4) is 0 Å². The van der Waals surface area contributed by atoms with Gasteiger partial charge in [0.15, 0.2) is 0 Å². The van der Waals surface area contributed by atoms with Crippen molar-refractivity contribution in [2.24, 2.45) is 11.8 Å². The summed E-state index contributed by atoms with van der Waals surface area (Å²) in [6.45, 7) is 5.02. The van der Waals surface area contributed by atoms with E-state index in [1.165, 1.54) is 0 Å². The lowest BCUT2D eigenvalue weighted by Crippen LogP contribution is -2.30. The van der Waals surface area contributed by atoms with Crippen LogP contribution in [0, 0.1) is 17.2 Å². The standard InChI is InChI=1S/C12H17N9/c1-3-20(7-9(2)6-13)11-16-10(19-14)17-12(18-11)21-5-4-15-8-21/h4-5,8-9H,3,7,14H2,1-2H3,(H,16,17,18,19). The van der Waals surface area contributed by atoms with Crippen LogP contribution in [-0.2, 0) is 0 Å². The van der Waals surface area contributed by atoms with Crippen LogP contribution in [0.1, 0.15) is 13.8 Å². The molecule has 0 radical (unpaired) electrons. The van der Waals surface area contributed by atoms with Crippen molar-refractivity contribution in [3.63, 3.8) is 0 Å². The number of hydrazine groups is 1. The molecule has 0 amide bonds. The van der Waals surface area contributed by atoms with E-state index in [2.05, 4.69) is 31.4 Å². The molecule has 0 aliphatic carbocycles. The second-order valence-electron chi connectivity index (χ2n) is 4.44. The number of rotatable bonds is 6. The highest BCUT2D eigenvalue weighted by Gasteiger charge is 2.15. The molecule has 0 aliphatic rings. The Bertz CT molecular complexity index is 616. The number of nitrogens with zero attached hydrogens (tertiary/aromatic N) is 7. The van der Waals surface area contributed by atoms with E-state index in [1.54, 1.807) is 23.3 Å². The molecular formula is C12H17N9. The van der Waals surface area contributed by atoms with Crippen molar-refractivity contribution in [2.45, 2.75) is 13.8 Å². The number of nitrogen functional groups attached to an aromatic ring is 1. The lowest BCUT2D eigenvalue weighted by atomic mass is 10.2. The van der Waals surface area contributed by atoms with Gasteiger partial charge in [0.25, 0.3) is 0 Å². The van der Waals surface area contributed by atoms with Gasteiger partial charge in [-0.3, -0.25) is 9.99 Å². The largest absolute Gasteiger partial charge is 0.340 e. The molecule has 1 unspecified atom stereocenters. The fourth-order valence-corrected chi connectivity index (χ4v) is 1.78. The molecule has 0 fully saturated rings. The molecule has 3 N–H and O–H groups in total. The van der Waals surface area contributed by atoms with E-state index in [4.69, 9.17) is 11.1 Å². The minimum atomic E-state index is -0.132. The highest BCUT2D eigenvalue weighted by atomic mass is 15.4. The second kappa shape index (κ2) is 6.62. The minimum Gasteiger partial charge on any atom is -0.340 e. The molecule has 2 aromatic rings. The van der Waals surface area contributed by atoms with Crippen molar-refractivity contribution >= 4 is 11.9 Å². The van der Waals surface area contributed by atoms with Crippen LogP contribution in [0.15, 0.2) is 18.7 Å². The van der Waals surface area contributed by atoms with E-state index in [9.17, 15) is 0 Å². The third-order valence-electron chi connectivity index (χ3n) is 2.86. The third kappa shape index (κ3) is 3.43. The van der Waals surface area contributed by atoms with Crippen LogP contribution in [-0.4, -0.2) is 37.6 Å². The summed E-state index contributed by atoms with van der Waals surface area (Å²) in [6, 6.07) is 2.20. The predicted molar refractivity (Wildman–Crippen MR) is 77.4 cm³/mol. The van der Waals surface area contributed by atoms with E-state index in [0.29, 0.717) is 25.0 Å². The maximum Gasteiger partial charge on any atom is 0.243 e. The first-order chi connectivity index (χ1) is 10.2. The van der Waals surface area contributed by atoms with Crippen molar-refractivity contribution in [1.29, 1.82) is 5.26 Å². The maximum absolute atomic E-state index is 8.96. The van der Waals surface area contributed by atoms with Crippen molar-refractivity contribution < 1.29 is 0 Å². The van der Waals surface area contributed by atoms with E-state index in [-0.39, 0.29) is 11.9 Å². The summed E-state index contributed by atoms with van der Waals surface area (Å²) in [5, 5.41) is 8.96. The van der Waals surface area contributed by atoms with E-state index >= 15 is 0 Å². The van der Waals surface area contributed by atoms with Gasteiger partial charge < -0.3 is 4.90 Å². The van der Waals surface area contributed by atoms with Crippen LogP contribution in [0.2, 0.25) is 0 Å². The monoisotopic (exact) mass is 287 g/mol. The van der Waals surface area contributed by atoms with Gasteiger partial charge in [0.1, 0.15) is 6.33 Å². The summed E-state index contributed by atoms with van der Waals surface area (Å²) >= 11 is 0. The minimum absolute atomic E-state index is 0.132. The van der Waals surface area contributed by atoms with Crippen LogP contribution in [0.25, 0.3) is 5.95 Å². The smallest absolute Gasteiger partial charge is 0.243 e. The molecule has 2 rings (SSSR count). The quantitative estimate of drug-likeness (QED) is 0.575. The van der Waals surface area contributed by atoms with Gasteiger partial charge in [-0.2, -0.15) is 20.2 Å². The molecule has 9 heteroatoms. The van der Waals surface area contributed by atoms with E-state index in [1.807, 2.05) is 18.7 Å². The molecule has 0 saturated heterocycles. The molecule has 2 aromatic heterocycles. The van der Waals surface area contributed by atoms with Crippen LogP contribution >= 0.6 is 0 Å². The van der Waals surface area contributed by atoms with Gasteiger partial charge in [-0.05, 0) is 13.8 Å². The van der Waals surface area contributed by atoms with Gasteiger partial charge >= 0.3 is 0 Å². The fraction of sp³-hybridized carbons (Fsp3) is 0.417. The number of aromatic nitrogens is 5. The number of hydrogen-bond acceptors (Lipinski definition) is 8. The highest BCUT2D eigenvalue weighted by molar-refractivity contribution is 5.39. The predicted octanol–water partition coefficient (Wildman–Crippen LogP) is 0.329. The molecule has 1 atom stereocenters. The molecule has 9 nitrogen and oxygen atoms in total. The molecule has 0 saturated carbocycles. The lowest BCUT2D eigenvalue weighted by Gasteiger charge is -2.22. The molecule has 2 heterocycles. The first-order valence-corrected chi connectivity index (χ1v) is 6.53. The van der Waals surface area contributed by atoms with Gasteiger partial charge in [-0.15, -0.1) is 0 Å². The average molecular weight is 287 g/mol. The number of nitrogens with one attached hydrogen (secondary N) is 1. The zero-order chi connectivity index (χ0) is 15.2. The zero-order valence-corrected chi connectivity index (χ0v) is 11.9. The molecule has 0 bridgehead atoms. The molecule has 0 aromatic carbocycles. The van der Waals surface area contributed by atoms with Crippen molar-refractivity contribution in [3.8, 4) is 12.0 Å². The summed E-state index contributed by atoms with van der Waals surface area (Å²) < 4.78 is 1.66. The molecular weight excluding hydrogens is 270 g/mol. The number of imidazole rings is 1. The normalized spacial score (nSPS) is 11.7. The van der Waals surface area contributed by atoms with Crippen molar-refractivity contribution in [1.82, 2.24) is 24.5 Å². The maximum atomic E-state index is 8.96. The Balaban J connectivity index is 2.38. The Labute approximate surface area is 122 Å². The first kappa shape index (κ1) is 14.7. The number of nitrogens with two attached hydrogens (primary N) is 1. The number of anilines is 2. The van der Waals surface area contributed by atoms with Crippen LogP contribution in [0.5, 0.6) is 0 Å². The lowest BCUT2D eigenvalue weighted by molar-refractivity contribution is 0.667. The second-order valence-corrected chi connectivity index (χ2v) is 4.44. The van der Waals surface area contributed by atoms with E-state index < -0.39 is 0 Å². The summed E-state index contributed by atoms with van der Waals surface area (Å²) in [5.74, 6) is 6.41. The van der Waals surface area contributed by atoms with Crippen LogP contribution in [0.4, 0.5) is 11.9 Å². The summed E-state index contributed by atoms with van der Waals surface area (Å²) in [7, 11) is 0. The Hall–Kier alpha value is -2.73. The summed E-state index contributed by atoms with van der Waals surface area (Å²) in [6.07, 6.45) is 4.95. The van der Waals surface area contributed by atoms with Gasteiger partial charge in [0, 0.05) is 25.5 Å². The Morgan fingerprint density at radius 2 is 2.29 bits per heavy atom. The summed E-state index contributed by atoms with van der Waals surface area (Å²) in [5.41, 5.74) is 2.43. The topological polar surface area (TPSA) is 122 Å². The number of nitriles is 1. The van der Waals surface area contributed by atoms with Crippen LogP contribution < -0.4 is 16.2 Å². The van der Waals surface area contributed by atoms with Gasteiger partial charge in [0.05, 0.1) is 12.0 Å². The Morgan fingerprint density at radius 1 is 1.48 bits per heavy atom. The fourth-order valence-electron chi connectivity index (χ4n) is 1.78. The van der Waals surface area contributed by atoms with E-state index in [0.717, 1.165) is 0 Å². The average Bonchev–Trinajstić information content (AvgIpc) is 3.06. The molecule has 21 heavy (non-hydrogen) atoms. The zero-order valence-electron chi connectivity index (χ0n) is 11.9. The summed E-state index contributed by atoms with van der Waals surface area (Å²) in [4.78, 5) is 18.7. The third-order valence-corrected chi connectivity index (χ3v) is 2.86. The molecule has 0 spiro atoms. The van der Waals surface area contributed by atoms with Gasteiger partial charge in [-0.25, -0.2) is 10.8 Å². The van der Waals surface area contributed by atoms with Crippen molar-refractivity contribution in [2.75, 3.05) is 23.4 Å². The van der Waals surface area contributed by atoms with Gasteiger partial charge in [-0.1, -0.05) is 0 Å². The Kier molecular flexibility index (Phi) is 4.63. The van der Waals surface area contributed by atoms with Crippen molar-refractivity contribution in [3.05, 3.63) is 18.7 Å².